The fourth-order valence-electron chi connectivity index (χ4n) is 1.02. The Morgan fingerprint density at radius 3 is 2.25 bits per heavy atom. The summed E-state index contributed by atoms with van der Waals surface area (Å²) in [6.45, 7) is 11.0. The van der Waals surface area contributed by atoms with Gasteiger partial charge in [-0.1, -0.05) is 61.8 Å². The summed E-state index contributed by atoms with van der Waals surface area (Å²) >= 11 is 0. The van der Waals surface area contributed by atoms with E-state index in [1.54, 1.807) is 36.5 Å². The Kier molecular flexibility index (Phi) is 7.43. The summed E-state index contributed by atoms with van der Waals surface area (Å²) in [6, 6.07) is 0. The van der Waals surface area contributed by atoms with Gasteiger partial charge in [0.05, 0.1) is 0 Å². The van der Waals surface area contributed by atoms with Crippen molar-refractivity contribution >= 4 is 5.78 Å². The lowest BCUT2D eigenvalue weighted by atomic mass is 10.0. The van der Waals surface area contributed by atoms with Crippen LogP contribution in [0.5, 0.6) is 0 Å². The molecule has 0 spiro atoms. The van der Waals surface area contributed by atoms with Crippen LogP contribution in [0.2, 0.25) is 0 Å². The SMILES string of the molecule is C=C/C=C\C(=C/C)C(=O)C(=C)/C=C\C=C/C. The van der Waals surface area contributed by atoms with Crippen LogP contribution in [0.3, 0.4) is 0 Å². The van der Waals surface area contributed by atoms with Gasteiger partial charge in [-0.2, -0.15) is 0 Å². The molecule has 0 aliphatic rings. The number of carbonyl (C=O) groups excluding carboxylic acids is 1. The molecule has 0 atom stereocenters. The average Bonchev–Trinajstić information content (AvgIpc) is 2.30. The van der Waals surface area contributed by atoms with Gasteiger partial charge < -0.3 is 0 Å². The third kappa shape index (κ3) is 5.11. The minimum absolute atomic E-state index is 0.0682. The summed E-state index contributed by atoms with van der Waals surface area (Å²) in [7, 11) is 0. The van der Waals surface area contributed by atoms with Gasteiger partial charge in [-0.25, -0.2) is 0 Å². The lowest BCUT2D eigenvalue weighted by Crippen LogP contribution is -2.01. The molecule has 0 saturated heterocycles. The summed E-state index contributed by atoms with van der Waals surface area (Å²) in [5.74, 6) is -0.0682. The first-order valence-corrected chi connectivity index (χ1v) is 5.15. The summed E-state index contributed by atoms with van der Waals surface area (Å²) < 4.78 is 0. The second-order valence-electron chi connectivity index (χ2n) is 3.08. The molecular weight excluding hydrogens is 196 g/mol. The second kappa shape index (κ2) is 8.42. The molecule has 0 N–H and O–H groups in total. The highest BCUT2D eigenvalue weighted by atomic mass is 16.1. The molecule has 1 nitrogen and oxygen atoms in total. The molecule has 0 aliphatic heterocycles. The molecule has 0 aromatic heterocycles. The van der Waals surface area contributed by atoms with E-state index in [1.807, 2.05) is 26.0 Å². The zero-order valence-corrected chi connectivity index (χ0v) is 9.94. The van der Waals surface area contributed by atoms with Crippen molar-refractivity contribution in [3.05, 3.63) is 72.9 Å². The topological polar surface area (TPSA) is 17.1 Å². The molecule has 0 unspecified atom stereocenters. The maximum atomic E-state index is 11.8. The molecule has 0 aromatic carbocycles. The zero-order chi connectivity index (χ0) is 12.4. The van der Waals surface area contributed by atoms with Crippen molar-refractivity contribution < 1.29 is 4.79 Å². The minimum Gasteiger partial charge on any atom is -0.289 e. The van der Waals surface area contributed by atoms with E-state index >= 15 is 0 Å². The Labute approximate surface area is 97.9 Å². The molecule has 0 rings (SSSR count). The Morgan fingerprint density at radius 1 is 1.06 bits per heavy atom. The molecule has 0 saturated carbocycles. The van der Waals surface area contributed by atoms with Crippen LogP contribution in [0.25, 0.3) is 0 Å². The fourth-order valence-corrected chi connectivity index (χ4v) is 1.02. The van der Waals surface area contributed by atoms with E-state index in [4.69, 9.17) is 0 Å². The molecule has 0 fully saturated rings. The highest BCUT2D eigenvalue weighted by Crippen LogP contribution is 2.07. The van der Waals surface area contributed by atoms with Gasteiger partial charge in [0.2, 0.25) is 0 Å². The molecule has 1 heteroatoms. The van der Waals surface area contributed by atoms with Crippen molar-refractivity contribution in [2.24, 2.45) is 0 Å². The van der Waals surface area contributed by atoms with Gasteiger partial charge in [-0.15, -0.1) is 0 Å². The third-order valence-electron chi connectivity index (χ3n) is 1.88. The molecular formula is C15H18O. The van der Waals surface area contributed by atoms with Gasteiger partial charge in [0.15, 0.2) is 5.78 Å². The van der Waals surface area contributed by atoms with Crippen molar-refractivity contribution in [1.82, 2.24) is 0 Å². The normalized spacial score (nSPS) is 12.8. The van der Waals surface area contributed by atoms with Crippen LogP contribution < -0.4 is 0 Å². The summed E-state index contributed by atoms with van der Waals surface area (Å²) in [6.07, 6.45) is 14.1. The van der Waals surface area contributed by atoms with E-state index in [-0.39, 0.29) is 5.78 Å². The van der Waals surface area contributed by atoms with Crippen molar-refractivity contribution in [3.63, 3.8) is 0 Å². The summed E-state index contributed by atoms with van der Waals surface area (Å²) in [5, 5.41) is 0. The summed E-state index contributed by atoms with van der Waals surface area (Å²) in [5.41, 5.74) is 1.09. The Hall–Kier alpha value is -1.89. The number of carbonyl (C=O) groups is 1. The zero-order valence-electron chi connectivity index (χ0n) is 9.94. The molecule has 0 heterocycles. The van der Waals surface area contributed by atoms with Crippen molar-refractivity contribution in [2.75, 3.05) is 0 Å². The van der Waals surface area contributed by atoms with E-state index in [0.29, 0.717) is 11.1 Å². The Morgan fingerprint density at radius 2 is 1.75 bits per heavy atom. The predicted molar refractivity (Wildman–Crippen MR) is 71.2 cm³/mol. The minimum atomic E-state index is -0.0682. The van der Waals surface area contributed by atoms with Crippen molar-refractivity contribution in [2.45, 2.75) is 13.8 Å². The average molecular weight is 214 g/mol. The van der Waals surface area contributed by atoms with Crippen LogP contribution in [0, 0.1) is 0 Å². The smallest absolute Gasteiger partial charge is 0.192 e. The number of hydrogen-bond donors (Lipinski definition) is 0. The van der Waals surface area contributed by atoms with Gasteiger partial charge in [0, 0.05) is 11.1 Å². The molecule has 84 valence electrons. The van der Waals surface area contributed by atoms with E-state index in [0.717, 1.165) is 0 Å². The first-order chi connectivity index (χ1) is 7.67. The monoisotopic (exact) mass is 214 g/mol. The van der Waals surface area contributed by atoms with Crippen molar-refractivity contribution in [3.8, 4) is 0 Å². The highest BCUT2D eigenvalue weighted by molar-refractivity contribution is 6.11. The van der Waals surface area contributed by atoms with Crippen molar-refractivity contribution in [1.29, 1.82) is 0 Å². The summed E-state index contributed by atoms with van der Waals surface area (Å²) in [4.78, 5) is 11.8. The van der Waals surface area contributed by atoms with Crippen LogP contribution in [0.1, 0.15) is 13.8 Å². The van der Waals surface area contributed by atoms with E-state index in [1.165, 1.54) is 0 Å². The number of hydrogen-bond acceptors (Lipinski definition) is 1. The Balaban J connectivity index is 4.71. The first kappa shape index (κ1) is 14.1. The third-order valence-corrected chi connectivity index (χ3v) is 1.88. The number of ketones is 1. The van der Waals surface area contributed by atoms with Gasteiger partial charge in [0.1, 0.15) is 0 Å². The van der Waals surface area contributed by atoms with E-state index in [9.17, 15) is 4.79 Å². The fraction of sp³-hybridized carbons (Fsp3) is 0.133. The van der Waals surface area contributed by atoms with Gasteiger partial charge in [-0.05, 0) is 13.8 Å². The van der Waals surface area contributed by atoms with Gasteiger partial charge >= 0.3 is 0 Å². The Bertz CT molecular complexity index is 376. The van der Waals surface area contributed by atoms with Gasteiger partial charge in [-0.3, -0.25) is 4.79 Å². The van der Waals surface area contributed by atoms with Crippen LogP contribution >= 0.6 is 0 Å². The van der Waals surface area contributed by atoms with E-state index < -0.39 is 0 Å². The molecule has 0 bridgehead atoms. The number of allylic oxidation sites excluding steroid dienone is 10. The predicted octanol–water partition coefficient (Wildman–Crippen LogP) is 3.93. The maximum absolute atomic E-state index is 11.8. The molecule has 0 amide bonds. The van der Waals surface area contributed by atoms with Crippen LogP contribution in [-0.4, -0.2) is 5.78 Å². The molecule has 16 heavy (non-hydrogen) atoms. The quantitative estimate of drug-likeness (QED) is 0.483. The standard InChI is InChI=1S/C15H18O/c1-5-8-10-11-13(4)15(16)14(7-3)12-9-6-2/h5-12H,2,4H2,1,3H3/b8-5-,11-10-,12-9-,14-7+. The van der Waals surface area contributed by atoms with E-state index in [2.05, 4.69) is 13.2 Å². The van der Waals surface area contributed by atoms with Crippen LogP contribution in [0.4, 0.5) is 0 Å². The lowest BCUT2D eigenvalue weighted by molar-refractivity contribution is -0.111. The maximum Gasteiger partial charge on any atom is 0.192 e. The largest absolute Gasteiger partial charge is 0.289 e. The van der Waals surface area contributed by atoms with Crippen LogP contribution in [0.15, 0.2) is 72.9 Å². The van der Waals surface area contributed by atoms with Crippen LogP contribution in [-0.2, 0) is 4.79 Å². The second-order valence-corrected chi connectivity index (χ2v) is 3.08. The molecule has 0 aromatic rings. The lowest BCUT2D eigenvalue weighted by Gasteiger charge is -1.99. The molecule has 0 radical (unpaired) electrons. The number of rotatable bonds is 6. The molecule has 0 aliphatic carbocycles. The van der Waals surface area contributed by atoms with Gasteiger partial charge in [0.25, 0.3) is 0 Å². The first-order valence-electron chi connectivity index (χ1n) is 5.15. The number of Topliss-reactive ketones (excluding diaryl/α,β-unsaturated/α-hetero) is 1. The highest BCUT2D eigenvalue weighted by Gasteiger charge is 2.06.